The Labute approximate surface area is 141 Å². The molecule has 0 N–H and O–H groups in total. The fraction of sp³-hybridized carbons (Fsp3) is 0.0588. The summed E-state index contributed by atoms with van der Waals surface area (Å²) in [6.07, 6.45) is 0. The number of hydrogen-bond acceptors (Lipinski definition) is 5. The molecule has 0 fully saturated rings. The van der Waals surface area contributed by atoms with E-state index < -0.39 is 0 Å². The molecule has 118 valence electrons. The minimum Gasteiger partial charge on any atom is -0.337 e. The van der Waals surface area contributed by atoms with Crippen molar-refractivity contribution < 1.29 is 14.1 Å². The first-order valence-electron chi connectivity index (χ1n) is 7.17. The molecule has 0 atom stereocenters. The van der Waals surface area contributed by atoms with Crippen molar-refractivity contribution in [3.05, 3.63) is 70.6 Å². The Balaban J connectivity index is 1.59. The molecule has 2 aromatic carbocycles. The van der Waals surface area contributed by atoms with Gasteiger partial charge in [-0.2, -0.15) is 4.98 Å². The van der Waals surface area contributed by atoms with Gasteiger partial charge in [0.15, 0.2) is 0 Å². The van der Waals surface area contributed by atoms with Gasteiger partial charge >= 0.3 is 0 Å². The maximum absolute atomic E-state index is 12.3. The third-order valence-corrected chi connectivity index (χ3v) is 3.96. The number of carbonyl (C=O) groups excluding carboxylic acids is 2. The van der Waals surface area contributed by atoms with Gasteiger partial charge < -0.3 is 4.52 Å². The quantitative estimate of drug-likeness (QED) is 0.685. The Morgan fingerprint density at radius 2 is 1.71 bits per heavy atom. The Morgan fingerprint density at radius 1 is 1.00 bits per heavy atom. The molecular weight excluding hydrogens is 330 g/mol. The van der Waals surface area contributed by atoms with Gasteiger partial charge in [0.2, 0.25) is 11.7 Å². The van der Waals surface area contributed by atoms with E-state index in [1.54, 1.807) is 48.5 Å². The molecule has 7 heteroatoms. The van der Waals surface area contributed by atoms with Crippen LogP contribution in [-0.4, -0.2) is 26.9 Å². The average molecular weight is 340 g/mol. The number of carbonyl (C=O) groups is 2. The van der Waals surface area contributed by atoms with Crippen molar-refractivity contribution >= 4 is 23.4 Å². The van der Waals surface area contributed by atoms with Crippen LogP contribution in [0.15, 0.2) is 53.1 Å². The van der Waals surface area contributed by atoms with Crippen LogP contribution in [0.4, 0.5) is 0 Å². The highest BCUT2D eigenvalue weighted by molar-refractivity contribution is 6.30. The van der Waals surface area contributed by atoms with Crippen LogP contribution in [0.5, 0.6) is 0 Å². The summed E-state index contributed by atoms with van der Waals surface area (Å²) < 4.78 is 5.17. The summed E-state index contributed by atoms with van der Waals surface area (Å²) in [4.78, 5) is 30.0. The summed E-state index contributed by atoms with van der Waals surface area (Å²) in [6, 6.07) is 13.7. The summed E-state index contributed by atoms with van der Waals surface area (Å²) in [5, 5.41) is 4.43. The van der Waals surface area contributed by atoms with Crippen LogP contribution in [0, 0.1) is 0 Å². The van der Waals surface area contributed by atoms with E-state index in [2.05, 4.69) is 10.1 Å². The predicted octanol–water partition coefficient (Wildman–Crippen LogP) is 3.19. The highest BCUT2D eigenvalue weighted by atomic mass is 35.5. The third-order valence-electron chi connectivity index (χ3n) is 3.72. The van der Waals surface area contributed by atoms with Crippen molar-refractivity contribution in [2.45, 2.75) is 6.54 Å². The number of hydrogen-bond donors (Lipinski definition) is 0. The molecule has 1 aromatic heterocycles. The minimum absolute atomic E-state index is 0.0695. The van der Waals surface area contributed by atoms with Crippen LogP contribution in [0.25, 0.3) is 11.4 Å². The van der Waals surface area contributed by atoms with Crippen LogP contribution >= 0.6 is 11.6 Å². The molecule has 6 nitrogen and oxygen atoms in total. The molecule has 0 saturated heterocycles. The van der Waals surface area contributed by atoms with Crippen LogP contribution in [0.3, 0.4) is 0 Å². The van der Waals surface area contributed by atoms with Crippen molar-refractivity contribution in [3.8, 4) is 11.4 Å². The number of amides is 2. The molecule has 24 heavy (non-hydrogen) atoms. The monoisotopic (exact) mass is 339 g/mol. The molecule has 3 aromatic rings. The van der Waals surface area contributed by atoms with Crippen LogP contribution < -0.4 is 0 Å². The second kappa shape index (κ2) is 5.58. The number of rotatable bonds is 3. The number of nitrogens with zero attached hydrogens (tertiary/aromatic N) is 3. The van der Waals surface area contributed by atoms with E-state index in [0.717, 1.165) is 4.90 Å². The first kappa shape index (κ1) is 14.6. The molecule has 1 aliphatic heterocycles. The highest BCUT2D eigenvalue weighted by Gasteiger charge is 2.36. The van der Waals surface area contributed by atoms with Crippen molar-refractivity contribution in [1.82, 2.24) is 15.0 Å². The van der Waals surface area contributed by atoms with E-state index in [-0.39, 0.29) is 24.2 Å². The van der Waals surface area contributed by atoms with Crippen LogP contribution in [-0.2, 0) is 6.54 Å². The minimum atomic E-state index is -0.363. The van der Waals surface area contributed by atoms with Crippen LogP contribution in [0.1, 0.15) is 26.6 Å². The van der Waals surface area contributed by atoms with Gasteiger partial charge in [-0.15, -0.1) is 0 Å². The zero-order valence-electron chi connectivity index (χ0n) is 12.3. The van der Waals surface area contributed by atoms with Gasteiger partial charge in [-0.05, 0) is 24.3 Å². The topological polar surface area (TPSA) is 76.3 Å². The molecule has 0 aliphatic carbocycles. The molecule has 0 unspecified atom stereocenters. The standard InChI is InChI=1S/C17H10ClN3O3/c18-11-5-3-4-10(8-11)15-19-14(24-20-15)9-21-16(22)12-6-1-2-7-13(12)17(21)23/h1-8H,9H2. The molecule has 0 bridgehead atoms. The smallest absolute Gasteiger partial charge is 0.262 e. The maximum atomic E-state index is 12.3. The number of benzene rings is 2. The van der Waals surface area contributed by atoms with Gasteiger partial charge in [-0.3, -0.25) is 14.5 Å². The van der Waals surface area contributed by atoms with Crippen molar-refractivity contribution in [3.63, 3.8) is 0 Å². The summed E-state index contributed by atoms with van der Waals surface area (Å²) in [6.45, 7) is -0.0695. The fourth-order valence-corrected chi connectivity index (χ4v) is 2.77. The van der Waals surface area contributed by atoms with Gasteiger partial charge in [0.05, 0.1) is 11.1 Å². The summed E-state index contributed by atoms with van der Waals surface area (Å²) in [5.74, 6) is -0.195. The largest absolute Gasteiger partial charge is 0.337 e. The van der Waals surface area contributed by atoms with Gasteiger partial charge in [0.25, 0.3) is 11.8 Å². The SMILES string of the molecule is O=C1c2ccccc2C(=O)N1Cc1nc(-c2cccc(Cl)c2)no1. The van der Waals surface area contributed by atoms with Gasteiger partial charge in [0, 0.05) is 10.6 Å². The van der Waals surface area contributed by atoms with Gasteiger partial charge in [-0.25, -0.2) is 0 Å². The second-order valence-corrected chi connectivity index (χ2v) is 5.70. The average Bonchev–Trinajstić information content (AvgIpc) is 3.15. The van der Waals surface area contributed by atoms with Crippen molar-refractivity contribution in [2.24, 2.45) is 0 Å². The number of halogens is 1. The van der Waals surface area contributed by atoms with Crippen LogP contribution in [0.2, 0.25) is 5.02 Å². The lowest BCUT2D eigenvalue weighted by atomic mass is 10.1. The van der Waals surface area contributed by atoms with E-state index in [0.29, 0.717) is 27.5 Å². The molecule has 2 amide bonds. The van der Waals surface area contributed by atoms with E-state index in [1.165, 1.54) is 0 Å². The molecule has 4 rings (SSSR count). The maximum Gasteiger partial charge on any atom is 0.262 e. The summed E-state index contributed by atoms with van der Waals surface area (Å²) in [7, 11) is 0. The molecule has 0 spiro atoms. The molecule has 1 aliphatic rings. The Bertz CT molecular complexity index is 932. The first-order chi connectivity index (χ1) is 11.6. The van der Waals surface area contributed by atoms with Gasteiger partial charge in [-0.1, -0.05) is 41.0 Å². The number of fused-ring (bicyclic) bond motifs is 1. The van der Waals surface area contributed by atoms with Crippen molar-refractivity contribution in [2.75, 3.05) is 0 Å². The Kier molecular flexibility index (Phi) is 3.39. The number of aromatic nitrogens is 2. The van der Waals surface area contributed by atoms with Gasteiger partial charge in [0.1, 0.15) is 6.54 Å². The fourth-order valence-electron chi connectivity index (χ4n) is 2.58. The normalized spacial score (nSPS) is 13.5. The molecule has 0 radical (unpaired) electrons. The molecular formula is C17H10ClN3O3. The number of imide groups is 1. The Hall–Kier alpha value is -2.99. The second-order valence-electron chi connectivity index (χ2n) is 5.26. The lowest BCUT2D eigenvalue weighted by Crippen LogP contribution is -2.29. The molecule has 0 saturated carbocycles. The third kappa shape index (κ3) is 2.37. The van der Waals surface area contributed by atoms with E-state index in [1.807, 2.05) is 0 Å². The lowest BCUT2D eigenvalue weighted by molar-refractivity contribution is 0.0625. The first-order valence-corrected chi connectivity index (χ1v) is 7.55. The zero-order valence-corrected chi connectivity index (χ0v) is 13.0. The zero-order chi connectivity index (χ0) is 16.7. The predicted molar refractivity (Wildman–Crippen MR) is 85.4 cm³/mol. The Morgan fingerprint density at radius 3 is 2.38 bits per heavy atom. The molecule has 2 heterocycles. The highest BCUT2D eigenvalue weighted by Crippen LogP contribution is 2.25. The summed E-state index contributed by atoms with van der Waals surface area (Å²) >= 11 is 5.95. The summed E-state index contributed by atoms with van der Waals surface area (Å²) in [5.41, 5.74) is 1.47. The van der Waals surface area contributed by atoms with Crippen molar-refractivity contribution in [1.29, 1.82) is 0 Å². The van der Waals surface area contributed by atoms with E-state index >= 15 is 0 Å². The van der Waals surface area contributed by atoms with E-state index in [4.69, 9.17) is 16.1 Å². The van der Waals surface area contributed by atoms with E-state index in [9.17, 15) is 9.59 Å². The lowest BCUT2D eigenvalue weighted by Gasteiger charge is -2.09.